The van der Waals surface area contributed by atoms with E-state index in [-0.39, 0.29) is 44.0 Å². The molecule has 1 aliphatic rings. The van der Waals surface area contributed by atoms with E-state index in [1.165, 1.54) is 11.0 Å². The number of hydrogen-bond donors (Lipinski definition) is 0. The van der Waals surface area contributed by atoms with E-state index in [1.54, 1.807) is 7.05 Å². The third-order valence-corrected chi connectivity index (χ3v) is 3.28. The summed E-state index contributed by atoms with van der Waals surface area (Å²) in [6.45, 7) is 3.76. The quantitative estimate of drug-likeness (QED) is 0.641. The zero-order valence-electron chi connectivity index (χ0n) is 9.98. The average molecular weight is 404 g/mol. The fourth-order valence-corrected chi connectivity index (χ4v) is 2.00. The summed E-state index contributed by atoms with van der Waals surface area (Å²) in [5.41, 5.74) is 0.376. The molecule has 0 aliphatic carbocycles. The number of likely N-dealkylation sites (N-methyl/N-ethyl adjacent to an activating group) is 1. The van der Waals surface area contributed by atoms with E-state index < -0.39 is 17.5 Å². The van der Waals surface area contributed by atoms with Crippen molar-refractivity contribution < 1.29 is 45.9 Å². The van der Waals surface area contributed by atoms with E-state index in [4.69, 9.17) is 0 Å². The van der Waals surface area contributed by atoms with E-state index in [2.05, 4.69) is 28.6 Å². The first-order chi connectivity index (χ1) is 8.41. The topological polar surface area (TPSA) is 3.24 Å². The van der Waals surface area contributed by atoms with Gasteiger partial charge in [0.2, 0.25) is 0 Å². The Labute approximate surface area is 142 Å². The molecule has 0 atom stereocenters. The smallest absolute Gasteiger partial charge is 0.126 e. The first kappa shape index (κ1) is 16.7. The molecule has 0 N–H and O–H groups in total. The number of nitrogens with zero attached hydrogens (tertiary/aromatic N) is 1. The Morgan fingerprint density at radius 2 is 1.74 bits per heavy atom. The van der Waals surface area contributed by atoms with E-state index in [1.807, 2.05) is 0 Å². The Balaban J connectivity index is 0.00000180. The summed E-state index contributed by atoms with van der Waals surface area (Å²) >= 11 is 3.24. The van der Waals surface area contributed by atoms with E-state index in [0.29, 0.717) is 22.3 Å². The van der Waals surface area contributed by atoms with Gasteiger partial charge in [-0.2, -0.15) is 12.2 Å². The van der Waals surface area contributed by atoms with E-state index in [9.17, 15) is 13.2 Å². The van der Waals surface area contributed by atoms with Gasteiger partial charge in [-0.05, 0) is 23.4 Å². The minimum atomic E-state index is -0.971. The molecule has 1 nitrogen and oxygen atoms in total. The zero-order chi connectivity index (χ0) is 13.4. The van der Waals surface area contributed by atoms with Crippen molar-refractivity contribution in [3.8, 4) is 0 Å². The van der Waals surface area contributed by atoms with Gasteiger partial charge >= 0.3 is 0 Å². The molecule has 19 heavy (non-hydrogen) atoms. The molecule has 0 spiro atoms. The van der Waals surface area contributed by atoms with Crippen LogP contribution in [0.25, 0.3) is 5.70 Å². The monoisotopic (exact) mass is 403 g/mol. The summed E-state index contributed by atoms with van der Waals surface area (Å²) in [4.78, 5) is 1.48. The van der Waals surface area contributed by atoms with Crippen molar-refractivity contribution in [3.05, 3.63) is 64.1 Å². The van der Waals surface area contributed by atoms with Crippen LogP contribution >= 0.6 is 15.9 Å². The number of allylic oxidation sites excluding steroid dienone is 3. The number of benzene rings is 1. The van der Waals surface area contributed by atoms with Gasteiger partial charge in [0.05, 0.1) is 11.6 Å². The van der Waals surface area contributed by atoms with Crippen LogP contribution in [-0.4, -0.2) is 11.9 Å². The molecular formula is C13H8BrF3NY-. The Morgan fingerprint density at radius 1 is 1.21 bits per heavy atom. The van der Waals surface area contributed by atoms with Gasteiger partial charge in [0.15, 0.2) is 0 Å². The van der Waals surface area contributed by atoms with Gasteiger partial charge in [0.25, 0.3) is 0 Å². The molecule has 1 radical (unpaired) electrons. The molecular weight excluding hydrogens is 396 g/mol. The molecule has 97 valence electrons. The van der Waals surface area contributed by atoms with Crippen molar-refractivity contribution in [3.63, 3.8) is 0 Å². The van der Waals surface area contributed by atoms with Crippen LogP contribution in [0.1, 0.15) is 5.56 Å². The van der Waals surface area contributed by atoms with Crippen LogP contribution in [0, 0.1) is 23.5 Å². The van der Waals surface area contributed by atoms with Gasteiger partial charge in [-0.15, -0.1) is 15.9 Å². The molecule has 0 amide bonds. The second kappa shape index (κ2) is 6.38. The molecule has 0 saturated heterocycles. The molecule has 0 unspecified atom stereocenters. The first-order valence-electron chi connectivity index (χ1n) is 4.99. The fraction of sp³-hybridized carbons (Fsp3) is 0.0769. The summed E-state index contributed by atoms with van der Waals surface area (Å²) < 4.78 is 40.8. The van der Waals surface area contributed by atoms with Crippen LogP contribution in [0.3, 0.4) is 0 Å². The third kappa shape index (κ3) is 3.20. The summed E-state index contributed by atoms with van der Waals surface area (Å²) in [5.74, 6) is -2.90. The summed E-state index contributed by atoms with van der Waals surface area (Å²) in [7, 11) is 1.60. The molecule has 0 saturated carbocycles. The standard InChI is InChI=1S/C13H8BrF3N.Y/c1-7-9(14)3-4-12(18(7)2)13-10(16)5-8(15)6-11(13)17;/h3,5-6H,1H2,2H3;/q-1;. The summed E-state index contributed by atoms with van der Waals surface area (Å²) in [5, 5.41) is 0. The van der Waals surface area contributed by atoms with Gasteiger partial charge < -0.3 is 4.90 Å². The van der Waals surface area contributed by atoms with Crippen molar-refractivity contribution in [2.24, 2.45) is 0 Å². The minimum absolute atomic E-state index is 0. The molecule has 0 bridgehead atoms. The predicted molar refractivity (Wildman–Crippen MR) is 66.9 cm³/mol. The van der Waals surface area contributed by atoms with E-state index in [0.717, 1.165) is 0 Å². The molecule has 2 rings (SSSR count). The van der Waals surface area contributed by atoms with Gasteiger partial charge in [0.1, 0.15) is 5.82 Å². The van der Waals surface area contributed by atoms with Crippen molar-refractivity contribution >= 4 is 21.6 Å². The number of hydrogen-bond acceptors (Lipinski definition) is 1. The maximum absolute atomic E-state index is 13.7. The maximum atomic E-state index is 13.7. The molecule has 6 heteroatoms. The molecule has 1 aromatic rings. The van der Waals surface area contributed by atoms with Gasteiger partial charge in [-0.25, -0.2) is 13.2 Å². The molecule has 0 aromatic heterocycles. The Morgan fingerprint density at radius 3 is 2.26 bits per heavy atom. The second-order valence-corrected chi connectivity index (χ2v) is 4.59. The van der Waals surface area contributed by atoms with Gasteiger partial charge in [-0.3, -0.25) is 0 Å². The summed E-state index contributed by atoms with van der Waals surface area (Å²) in [6, 6.07) is 1.27. The number of rotatable bonds is 1. The normalized spacial score (nSPS) is 14.8. The molecule has 0 fully saturated rings. The van der Waals surface area contributed by atoms with Crippen molar-refractivity contribution in [2.75, 3.05) is 7.05 Å². The largest absolute Gasteiger partial charge is 0.377 e. The van der Waals surface area contributed by atoms with Crippen LogP contribution in [0.4, 0.5) is 13.2 Å². The van der Waals surface area contributed by atoms with Crippen LogP contribution in [0.15, 0.2) is 35.0 Å². The van der Waals surface area contributed by atoms with Crippen molar-refractivity contribution in [1.82, 2.24) is 4.90 Å². The Bertz CT molecular complexity index is 573. The van der Waals surface area contributed by atoms with Crippen LogP contribution in [0.2, 0.25) is 0 Å². The maximum Gasteiger partial charge on any atom is 0.126 e. The average Bonchev–Trinajstić information content (AvgIpc) is 2.28. The van der Waals surface area contributed by atoms with Gasteiger partial charge in [0, 0.05) is 39.8 Å². The first-order valence-corrected chi connectivity index (χ1v) is 5.78. The minimum Gasteiger partial charge on any atom is -0.377 e. The third-order valence-electron chi connectivity index (χ3n) is 2.60. The van der Waals surface area contributed by atoms with Crippen LogP contribution < -0.4 is 0 Å². The van der Waals surface area contributed by atoms with Crippen LogP contribution in [-0.2, 0) is 32.7 Å². The second-order valence-electron chi connectivity index (χ2n) is 3.74. The zero-order valence-corrected chi connectivity index (χ0v) is 14.4. The predicted octanol–water partition coefficient (Wildman–Crippen LogP) is 3.98. The molecule has 1 heterocycles. The van der Waals surface area contributed by atoms with E-state index >= 15 is 0 Å². The molecule has 1 aliphatic heterocycles. The van der Waals surface area contributed by atoms with Gasteiger partial charge in [-0.1, -0.05) is 16.8 Å². The van der Waals surface area contributed by atoms with Crippen molar-refractivity contribution in [2.45, 2.75) is 0 Å². The van der Waals surface area contributed by atoms with Crippen LogP contribution in [0.5, 0.6) is 0 Å². The number of halogens is 4. The van der Waals surface area contributed by atoms with Crippen molar-refractivity contribution in [1.29, 1.82) is 0 Å². The molecule has 1 aromatic carbocycles. The SMILES string of the molecule is C=C1C(Br)=C[C-]=C(c2c(F)cc(F)cc2F)N1C.[Y]. The Kier molecular flexibility index (Phi) is 5.59. The summed E-state index contributed by atoms with van der Waals surface area (Å²) in [6.07, 6.45) is 4.25. The fourth-order valence-electron chi connectivity index (χ4n) is 1.62. The Hall–Kier alpha value is -0.386.